The van der Waals surface area contributed by atoms with Gasteiger partial charge in [0.05, 0.1) is 12.7 Å². The highest BCUT2D eigenvalue weighted by Crippen LogP contribution is 2.32. The normalized spacial score (nSPS) is 15.0. The standard InChI is InChI=1S/C20H25F3N6O/c1-3-26-12-16(10-24-26)13-27-14(2)11-28(19(27)30)18-9-17(20(21,22)23)25-29(18)8-7-15-5-4-6-15/h9-12,15H,3-8,13H2,1-2H3. The lowest BCUT2D eigenvalue weighted by Crippen LogP contribution is -2.26. The van der Waals surface area contributed by atoms with E-state index in [4.69, 9.17) is 0 Å². The molecule has 10 heteroatoms. The van der Waals surface area contributed by atoms with Crippen LogP contribution in [0.5, 0.6) is 0 Å². The summed E-state index contributed by atoms with van der Waals surface area (Å²) >= 11 is 0. The van der Waals surface area contributed by atoms with Gasteiger partial charge < -0.3 is 0 Å². The van der Waals surface area contributed by atoms with Gasteiger partial charge in [-0.3, -0.25) is 13.8 Å². The van der Waals surface area contributed by atoms with Gasteiger partial charge in [-0.2, -0.15) is 23.4 Å². The lowest BCUT2D eigenvalue weighted by atomic mass is 9.83. The van der Waals surface area contributed by atoms with E-state index in [1.807, 2.05) is 13.1 Å². The average molecular weight is 422 g/mol. The minimum absolute atomic E-state index is 0.151. The maximum Gasteiger partial charge on any atom is 0.435 e. The summed E-state index contributed by atoms with van der Waals surface area (Å²) in [6.07, 6.45) is 4.69. The van der Waals surface area contributed by atoms with E-state index in [0.717, 1.165) is 37.4 Å². The van der Waals surface area contributed by atoms with Gasteiger partial charge in [-0.15, -0.1) is 0 Å². The Hall–Kier alpha value is -2.78. The highest BCUT2D eigenvalue weighted by Gasteiger charge is 2.35. The molecule has 1 aliphatic rings. The number of hydrogen-bond acceptors (Lipinski definition) is 3. The molecule has 30 heavy (non-hydrogen) atoms. The van der Waals surface area contributed by atoms with E-state index < -0.39 is 17.6 Å². The lowest BCUT2D eigenvalue weighted by Gasteiger charge is -2.25. The van der Waals surface area contributed by atoms with Gasteiger partial charge in [-0.05, 0) is 26.2 Å². The van der Waals surface area contributed by atoms with Gasteiger partial charge in [0.25, 0.3) is 0 Å². The van der Waals surface area contributed by atoms with Crippen molar-refractivity contribution in [2.24, 2.45) is 5.92 Å². The third kappa shape index (κ3) is 3.95. The minimum atomic E-state index is -4.56. The van der Waals surface area contributed by atoms with Crippen molar-refractivity contribution in [3.05, 3.63) is 52.1 Å². The van der Waals surface area contributed by atoms with Crippen LogP contribution in [0.25, 0.3) is 5.82 Å². The molecular weight excluding hydrogens is 397 g/mol. The molecule has 4 rings (SSSR count). The molecule has 1 aliphatic carbocycles. The van der Waals surface area contributed by atoms with E-state index in [2.05, 4.69) is 10.2 Å². The number of aromatic nitrogens is 6. The number of alkyl halides is 3. The Balaban J connectivity index is 1.68. The van der Waals surface area contributed by atoms with Crippen LogP contribution in [-0.2, 0) is 25.8 Å². The monoisotopic (exact) mass is 422 g/mol. The van der Waals surface area contributed by atoms with Crippen molar-refractivity contribution in [1.82, 2.24) is 28.7 Å². The fourth-order valence-electron chi connectivity index (χ4n) is 3.78. The van der Waals surface area contributed by atoms with Crippen LogP contribution >= 0.6 is 0 Å². The molecule has 0 radical (unpaired) electrons. The largest absolute Gasteiger partial charge is 0.435 e. The Morgan fingerprint density at radius 1 is 1.23 bits per heavy atom. The van der Waals surface area contributed by atoms with Crippen molar-refractivity contribution in [3.8, 4) is 5.82 Å². The SMILES string of the molecule is CCn1cc(Cn2c(C)cn(-c3cc(C(F)(F)F)nn3CCC3CCC3)c2=O)cn1. The molecule has 0 unspecified atom stereocenters. The molecule has 162 valence electrons. The van der Waals surface area contributed by atoms with Crippen LogP contribution in [-0.4, -0.2) is 28.7 Å². The zero-order chi connectivity index (χ0) is 21.5. The Morgan fingerprint density at radius 2 is 2.00 bits per heavy atom. The van der Waals surface area contributed by atoms with Gasteiger partial charge in [-0.1, -0.05) is 19.3 Å². The van der Waals surface area contributed by atoms with E-state index in [0.29, 0.717) is 24.7 Å². The smallest absolute Gasteiger partial charge is 0.292 e. The molecule has 0 saturated heterocycles. The van der Waals surface area contributed by atoms with Gasteiger partial charge in [0.1, 0.15) is 5.82 Å². The topological polar surface area (TPSA) is 62.6 Å². The molecule has 0 spiro atoms. The quantitative estimate of drug-likeness (QED) is 0.584. The highest BCUT2D eigenvalue weighted by molar-refractivity contribution is 5.29. The van der Waals surface area contributed by atoms with Crippen molar-refractivity contribution < 1.29 is 13.2 Å². The number of hydrogen-bond donors (Lipinski definition) is 0. The first-order chi connectivity index (χ1) is 14.3. The van der Waals surface area contributed by atoms with Gasteiger partial charge >= 0.3 is 11.9 Å². The minimum Gasteiger partial charge on any atom is -0.292 e. The molecular formula is C20H25F3N6O. The first-order valence-electron chi connectivity index (χ1n) is 10.2. The zero-order valence-electron chi connectivity index (χ0n) is 17.1. The molecule has 1 fully saturated rings. The molecule has 7 nitrogen and oxygen atoms in total. The van der Waals surface area contributed by atoms with Crippen LogP contribution in [0, 0.1) is 12.8 Å². The van der Waals surface area contributed by atoms with E-state index in [1.54, 1.807) is 24.0 Å². The summed E-state index contributed by atoms with van der Waals surface area (Å²) in [5.74, 6) is 0.673. The van der Waals surface area contributed by atoms with Gasteiger partial charge in [0.2, 0.25) is 0 Å². The number of rotatable bonds is 7. The maximum atomic E-state index is 13.3. The summed E-state index contributed by atoms with van der Waals surface area (Å²) in [6, 6.07) is 0.959. The Morgan fingerprint density at radius 3 is 2.60 bits per heavy atom. The summed E-state index contributed by atoms with van der Waals surface area (Å²) in [4.78, 5) is 13.1. The van der Waals surface area contributed by atoms with Crippen LogP contribution in [0.1, 0.15) is 49.6 Å². The lowest BCUT2D eigenvalue weighted by molar-refractivity contribution is -0.141. The van der Waals surface area contributed by atoms with E-state index in [-0.39, 0.29) is 5.82 Å². The van der Waals surface area contributed by atoms with E-state index >= 15 is 0 Å². The van der Waals surface area contributed by atoms with Crippen molar-refractivity contribution in [1.29, 1.82) is 0 Å². The van der Waals surface area contributed by atoms with Crippen molar-refractivity contribution in [3.63, 3.8) is 0 Å². The van der Waals surface area contributed by atoms with Gasteiger partial charge in [0, 0.05) is 42.8 Å². The molecule has 0 bridgehead atoms. The zero-order valence-corrected chi connectivity index (χ0v) is 17.1. The summed E-state index contributed by atoms with van der Waals surface area (Å²) in [5, 5.41) is 7.99. The van der Waals surface area contributed by atoms with Gasteiger partial charge in [0.15, 0.2) is 5.69 Å². The molecule has 3 aromatic heterocycles. The van der Waals surface area contributed by atoms with E-state index in [9.17, 15) is 18.0 Å². The Labute approximate surface area is 171 Å². The third-order valence-corrected chi connectivity index (χ3v) is 5.80. The fourth-order valence-corrected chi connectivity index (χ4v) is 3.78. The van der Waals surface area contributed by atoms with E-state index in [1.165, 1.54) is 20.2 Å². The second-order valence-corrected chi connectivity index (χ2v) is 7.91. The van der Waals surface area contributed by atoms with Crippen molar-refractivity contribution >= 4 is 0 Å². The number of aryl methyl sites for hydroxylation is 3. The number of halogens is 3. The summed E-state index contributed by atoms with van der Waals surface area (Å²) in [6.45, 7) is 5.11. The van der Waals surface area contributed by atoms with Crippen LogP contribution in [0.3, 0.4) is 0 Å². The van der Waals surface area contributed by atoms with Crippen molar-refractivity contribution in [2.45, 2.75) is 65.3 Å². The average Bonchev–Trinajstić information content (AvgIpc) is 3.34. The fraction of sp³-hybridized carbons (Fsp3) is 0.550. The molecule has 0 N–H and O–H groups in total. The molecule has 0 aliphatic heterocycles. The molecule has 0 amide bonds. The second-order valence-electron chi connectivity index (χ2n) is 7.91. The first kappa shape index (κ1) is 20.5. The second kappa shape index (κ2) is 7.81. The van der Waals surface area contributed by atoms with Gasteiger partial charge in [-0.25, -0.2) is 9.48 Å². The molecule has 0 aromatic carbocycles. The Kier molecular flexibility index (Phi) is 5.33. The molecule has 1 saturated carbocycles. The first-order valence-corrected chi connectivity index (χ1v) is 10.2. The summed E-state index contributed by atoms with van der Waals surface area (Å²) < 4.78 is 45.8. The number of imidazole rings is 1. The van der Waals surface area contributed by atoms with Crippen molar-refractivity contribution in [2.75, 3.05) is 0 Å². The highest BCUT2D eigenvalue weighted by atomic mass is 19.4. The predicted molar refractivity (Wildman–Crippen MR) is 105 cm³/mol. The maximum absolute atomic E-state index is 13.3. The molecule has 3 heterocycles. The van der Waals surface area contributed by atoms with Crippen LogP contribution < -0.4 is 5.69 Å². The van der Waals surface area contributed by atoms with Crippen LogP contribution in [0.15, 0.2) is 29.5 Å². The summed E-state index contributed by atoms with van der Waals surface area (Å²) in [5.41, 5.74) is 0.140. The Bertz CT molecular complexity index is 1080. The summed E-state index contributed by atoms with van der Waals surface area (Å²) in [7, 11) is 0. The van der Waals surface area contributed by atoms with Crippen LogP contribution in [0.2, 0.25) is 0 Å². The van der Waals surface area contributed by atoms with Crippen LogP contribution in [0.4, 0.5) is 13.2 Å². The third-order valence-electron chi connectivity index (χ3n) is 5.80. The molecule has 0 atom stereocenters. The molecule has 3 aromatic rings. The number of nitrogens with zero attached hydrogens (tertiary/aromatic N) is 6. The predicted octanol–water partition coefficient (Wildman–Crippen LogP) is 3.62.